The Bertz CT molecular complexity index is 940. The summed E-state index contributed by atoms with van der Waals surface area (Å²) in [4.78, 5) is 22.3. The van der Waals surface area contributed by atoms with E-state index in [2.05, 4.69) is 0 Å². The Morgan fingerprint density at radius 1 is 1.00 bits per heavy atom. The summed E-state index contributed by atoms with van der Waals surface area (Å²) in [7, 11) is 0. The molecule has 5 nitrogen and oxygen atoms in total. The van der Waals surface area contributed by atoms with Gasteiger partial charge in [-0.25, -0.2) is 0 Å². The lowest BCUT2D eigenvalue weighted by molar-refractivity contribution is -0.384. The van der Waals surface area contributed by atoms with Gasteiger partial charge in [0.1, 0.15) is 11.5 Å². The second-order valence-corrected chi connectivity index (χ2v) is 5.65. The molecule has 0 atom stereocenters. The first kappa shape index (κ1) is 16.7. The van der Waals surface area contributed by atoms with Crippen LogP contribution in [-0.2, 0) is 0 Å². The van der Waals surface area contributed by atoms with E-state index in [1.54, 1.807) is 54.6 Å². The molecular weight excluding hydrogens is 342 g/mol. The van der Waals surface area contributed by atoms with Crippen molar-refractivity contribution in [3.05, 3.63) is 93.2 Å². The lowest BCUT2D eigenvalue weighted by Crippen LogP contribution is -1.92. The number of carbonyl (C=O) groups is 1. The maximum Gasteiger partial charge on any atom is 0.269 e. The maximum atomic E-state index is 12.1. The maximum absolute atomic E-state index is 12.1. The predicted octanol–water partition coefficient (Wildman–Crippen LogP) is 5.40. The van der Waals surface area contributed by atoms with E-state index in [0.717, 1.165) is 0 Å². The molecule has 0 unspecified atom stereocenters. The van der Waals surface area contributed by atoms with Crippen LogP contribution in [0.3, 0.4) is 0 Å². The summed E-state index contributed by atoms with van der Waals surface area (Å²) in [6.45, 7) is 0. The van der Waals surface area contributed by atoms with Crippen LogP contribution in [0.15, 0.2) is 71.2 Å². The molecule has 2 aromatic carbocycles. The first-order valence-electron chi connectivity index (χ1n) is 7.35. The van der Waals surface area contributed by atoms with Crippen molar-refractivity contribution in [1.29, 1.82) is 0 Å². The van der Waals surface area contributed by atoms with Gasteiger partial charge in [0.15, 0.2) is 5.78 Å². The highest BCUT2D eigenvalue weighted by atomic mass is 35.5. The third-order valence-corrected chi connectivity index (χ3v) is 3.77. The number of nitrogens with zero attached hydrogens (tertiary/aromatic N) is 1. The summed E-state index contributed by atoms with van der Waals surface area (Å²) >= 11 is 5.80. The molecule has 0 saturated heterocycles. The molecule has 0 saturated carbocycles. The minimum absolute atomic E-state index is 0.0176. The summed E-state index contributed by atoms with van der Waals surface area (Å²) in [5.74, 6) is 0.911. The molecule has 3 rings (SSSR count). The zero-order valence-corrected chi connectivity index (χ0v) is 13.6. The highest BCUT2D eigenvalue weighted by Crippen LogP contribution is 2.25. The van der Waals surface area contributed by atoms with E-state index in [1.165, 1.54) is 18.2 Å². The molecule has 3 aromatic rings. The highest BCUT2D eigenvalue weighted by Gasteiger charge is 2.08. The van der Waals surface area contributed by atoms with E-state index in [9.17, 15) is 14.9 Å². The van der Waals surface area contributed by atoms with Gasteiger partial charge in [0.2, 0.25) is 0 Å². The first-order chi connectivity index (χ1) is 12.0. The fourth-order valence-electron chi connectivity index (χ4n) is 2.21. The van der Waals surface area contributed by atoms with Crippen molar-refractivity contribution in [2.75, 3.05) is 0 Å². The summed E-state index contributed by atoms with van der Waals surface area (Å²) < 4.78 is 5.65. The van der Waals surface area contributed by atoms with E-state index in [0.29, 0.717) is 27.7 Å². The summed E-state index contributed by atoms with van der Waals surface area (Å²) in [6, 6.07) is 16.1. The number of allylic oxidation sites excluding steroid dienone is 1. The van der Waals surface area contributed by atoms with E-state index >= 15 is 0 Å². The minimum atomic E-state index is -0.456. The van der Waals surface area contributed by atoms with Crippen molar-refractivity contribution in [1.82, 2.24) is 0 Å². The molecular formula is C19H12ClNO4. The SMILES string of the molecule is O=C(/C=C/c1ccc(-c2ccc([N+](=O)[O-])cc2)o1)c1ccc(Cl)cc1. The smallest absolute Gasteiger partial charge is 0.269 e. The molecule has 0 aliphatic carbocycles. The Kier molecular flexibility index (Phi) is 4.77. The molecule has 0 spiro atoms. The number of halogens is 1. The molecule has 1 heterocycles. The van der Waals surface area contributed by atoms with E-state index in [-0.39, 0.29) is 11.5 Å². The van der Waals surface area contributed by atoms with Crippen LogP contribution in [0.2, 0.25) is 5.02 Å². The number of nitro benzene ring substituents is 1. The van der Waals surface area contributed by atoms with Crippen LogP contribution in [0, 0.1) is 10.1 Å². The molecule has 1 aromatic heterocycles. The van der Waals surface area contributed by atoms with Gasteiger partial charge in [-0.15, -0.1) is 0 Å². The average Bonchev–Trinajstić information content (AvgIpc) is 3.09. The molecule has 0 radical (unpaired) electrons. The van der Waals surface area contributed by atoms with Gasteiger partial charge < -0.3 is 4.42 Å². The number of rotatable bonds is 5. The van der Waals surface area contributed by atoms with Crippen LogP contribution in [-0.4, -0.2) is 10.7 Å². The molecule has 6 heteroatoms. The van der Waals surface area contributed by atoms with Crippen molar-refractivity contribution in [2.45, 2.75) is 0 Å². The fraction of sp³-hybridized carbons (Fsp3) is 0. The Labute approximate surface area is 148 Å². The molecule has 0 aliphatic heterocycles. The van der Waals surface area contributed by atoms with Crippen LogP contribution in [0.25, 0.3) is 17.4 Å². The van der Waals surface area contributed by atoms with Crippen LogP contribution in [0.1, 0.15) is 16.1 Å². The normalized spacial score (nSPS) is 10.9. The zero-order chi connectivity index (χ0) is 17.8. The minimum Gasteiger partial charge on any atom is -0.457 e. The van der Waals surface area contributed by atoms with Gasteiger partial charge in [0.05, 0.1) is 4.92 Å². The van der Waals surface area contributed by atoms with Gasteiger partial charge in [0.25, 0.3) is 5.69 Å². The topological polar surface area (TPSA) is 73.3 Å². The van der Waals surface area contributed by atoms with Gasteiger partial charge in [-0.3, -0.25) is 14.9 Å². The highest BCUT2D eigenvalue weighted by molar-refractivity contribution is 6.30. The van der Waals surface area contributed by atoms with Crippen molar-refractivity contribution in [3.63, 3.8) is 0 Å². The monoisotopic (exact) mass is 353 g/mol. The summed E-state index contributed by atoms with van der Waals surface area (Å²) in [5, 5.41) is 11.2. The average molecular weight is 354 g/mol. The number of nitro groups is 1. The largest absolute Gasteiger partial charge is 0.457 e. The first-order valence-corrected chi connectivity index (χ1v) is 7.73. The number of furan rings is 1. The Morgan fingerprint density at radius 2 is 1.68 bits per heavy atom. The zero-order valence-electron chi connectivity index (χ0n) is 12.9. The van der Waals surface area contributed by atoms with Crippen LogP contribution < -0.4 is 0 Å². The molecule has 0 aliphatic rings. The standard InChI is InChI=1S/C19H12ClNO4/c20-15-5-1-13(2-6-15)18(22)11-9-17-10-12-19(25-17)14-3-7-16(8-4-14)21(23)24/h1-12H/b11-9+. The van der Waals surface area contributed by atoms with Crippen LogP contribution in [0.5, 0.6) is 0 Å². The van der Waals surface area contributed by atoms with Crippen LogP contribution in [0.4, 0.5) is 5.69 Å². The number of benzene rings is 2. The number of hydrogen-bond acceptors (Lipinski definition) is 4. The third kappa shape index (κ3) is 4.02. The van der Waals surface area contributed by atoms with Gasteiger partial charge in [-0.1, -0.05) is 11.6 Å². The second kappa shape index (κ2) is 7.15. The fourth-order valence-corrected chi connectivity index (χ4v) is 2.34. The number of non-ortho nitro benzene ring substituents is 1. The third-order valence-electron chi connectivity index (χ3n) is 3.52. The molecule has 0 amide bonds. The predicted molar refractivity (Wildman–Crippen MR) is 95.6 cm³/mol. The van der Waals surface area contributed by atoms with Crippen molar-refractivity contribution < 1.29 is 14.1 Å². The van der Waals surface area contributed by atoms with Gasteiger partial charge >= 0.3 is 0 Å². The summed E-state index contributed by atoms with van der Waals surface area (Å²) in [6.07, 6.45) is 2.99. The van der Waals surface area contributed by atoms with E-state index in [1.807, 2.05) is 0 Å². The number of hydrogen-bond donors (Lipinski definition) is 0. The number of ketones is 1. The van der Waals surface area contributed by atoms with Gasteiger partial charge in [0, 0.05) is 28.3 Å². The summed E-state index contributed by atoms with van der Waals surface area (Å²) in [5.41, 5.74) is 1.26. The van der Waals surface area contributed by atoms with Crippen LogP contribution >= 0.6 is 11.6 Å². The molecule has 0 fully saturated rings. The van der Waals surface area contributed by atoms with Crippen molar-refractivity contribution in [2.24, 2.45) is 0 Å². The molecule has 25 heavy (non-hydrogen) atoms. The van der Waals surface area contributed by atoms with Gasteiger partial charge in [-0.05, 0) is 60.7 Å². The lowest BCUT2D eigenvalue weighted by atomic mass is 10.1. The van der Waals surface area contributed by atoms with Crippen molar-refractivity contribution in [3.8, 4) is 11.3 Å². The van der Waals surface area contributed by atoms with E-state index < -0.39 is 4.92 Å². The second-order valence-electron chi connectivity index (χ2n) is 5.21. The quantitative estimate of drug-likeness (QED) is 0.266. The Balaban J connectivity index is 1.73. The number of carbonyl (C=O) groups excluding carboxylic acids is 1. The van der Waals surface area contributed by atoms with Gasteiger partial charge in [-0.2, -0.15) is 0 Å². The molecule has 0 bridgehead atoms. The van der Waals surface area contributed by atoms with E-state index in [4.69, 9.17) is 16.0 Å². The molecule has 124 valence electrons. The lowest BCUT2D eigenvalue weighted by Gasteiger charge is -1.97. The Hall–Kier alpha value is -3.18. The Morgan fingerprint density at radius 3 is 2.32 bits per heavy atom. The molecule has 0 N–H and O–H groups in total. The van der Waals surface area contributed by atoms with Crippen molar-refractivity contribution >= 4 is 29.1 Å².